The zero-order valence-electron chi connectivity index (χ0n) is 11.3. The van der Waals surface area contributed by atoms with Crippen molar-refractivity contribution in [3.05, 3.63) is 0 Å². The van der Waals surface area contributed by atoms with E-state index in [4.69, 9.17) is 9.47 Å². The van der Waals surface area contributed by atoms with Gasteiger partial charge in [0.25, 0.3) is 0 Å². The number of rotatable bonds is 4. The highest BCUT2D eigenvalue weighted by Crippen LogP contribution is 2.22. The Balaban J connectivity index is 1.85. The molecule has 2 aliphatic heterocycles. The number of hydrogen-bond donors (Lipinski definition) is 1. The van der Waals surface area contributed by atoms with Crippen LogP contribution in [-0.4, -0.2) is 63.5 Å². The monoisotopic (exact) mass is 242 g/mol. The van der Waals surface area contributed by atoms with E-state index in [1.54, 1.807) is 0 Å². The van der Waals surface area contributed by atoms with Gasteiger partial charge in [-0.15, -0.1) is 0 Å². The molecule has 0 aromatic rings. The lowest BCUT2D eigenvalue weighted by molar-refractivity contribution is 0.00944. The summed E-state index contributed by atoms with van der Waals surface area (Å²) in [6.45, 7) is 5.98. The minimum absolute atomic E-state index is 0.373. The summed E-state index contributed by atoms with van der Waals surface area (Å²) in [4.78, 5) is 2.46. The Kier molecular flexibility index (Phi) is 4.79. The van der Waals surface area contributed by atoms with Crippen molar-refractivity contribution in [1.29, 1.82) is 0 Å². The van der Waals surface area contributed by atoms with Crippen LogP contribution in [0.25, 0.3) is 0 Å². The van der Waals surface area contributed by atoms with Gasteiger partial charge in [0, 0.05) is 37.8 Å². The van der Waals surface area contributed by atoms with Gasteiger partial charge >= 0.3 is 0 Å². The van der Waals surface area contributed by atoms with Gasteiger partial charge in [-0.3, -0.25) is 0 Å². The molecule has 0 radical (unpaired) electrons. The van der Waals surface area contributed by atoms with Crippen molar-refractivity contribution >= 4 is 0 Å². The first-order valence-corrected chi connectivity index (χ1v) is 6.79. The zero-order valence-corrected chi connectivity index (χ0v) is 11.3. The molecule has 0 aromatic heterocycles. The van der Waals surface area contributed by atoms with E-state index in [-0.39, 0.29) is 0 Å². The molecule has 4 nitrogen and oxygen atoms in total. The van der Waals surface area contributed by atoms with Gasteiger partial charge in [-0.25, -0.2) is 0 Å². The summed E-state index contributed by atoms with van der Waals surface area (Å²) in [6, 6.07) is 1.18. The van der Waals surface area contributed by atoms with Crippen LogP contribution in [0.3, 0.4) is 0 Å². The maximum Gasteiger partial charge on any atom is 0.0702 e. The second-order valence-electron chi connectivity index (χ2n) is 5.39. The molecule has 0 bridgehead atoms. The van der Waals surface area contributed by atoms with Crippen LogP contribution in [0, 0.1) is 5.92 Å². The Morgan fingerprint density at radius 3 is 2.76 bits per heavy atom. The van der Waals surface area contributed by atoms with E-state index >= 15 is 0 Å². The first kappa shape index (κ1) is 13.3. The highest BCUT2D eigenvalue weighted by molar-refractivity contribution is 4.85. The molecular formula is C13H26N2O2. The topological polar surface area (TPSA) is 33.7 Å². The van der Waals surface area contributed by atoms with Crippen LogP contribution < -0.4 is 5.32 Å². The molecule has 100 valence electrons. The predicted molar refractivity (Wildman–Crippen MR) is 68.2 cm³/mol. The summed E-state index contributed by atoms with van der Waals surface area (Å²) in [5, 5.41) is 3.42. The fraction of sp³-hybridized carbons (Fsp3) is 1.00. The Morgan fingerprint density at radius 2 is 2.12 bits per heavy atom. The normalized spacial score (nSPS) is 38.8. The average molecular weight is 242 g/mol. The molecule has 17 heavy (non-hydrogen) atoms. The summed E-state index contributed by atoms with van der Waals surface area (Å²) in [6.07, 6.45) is 2.67. The second kappa shape index (κ2) is 6.14. The van der Waals surface area contributed by atoms with Crippen LogP contribution >= 0.6 is 0 Å². The van der Waals surface area contributed by atoms with Gasteiger partial charge in [-0.2, -0.15) is 0 Å². The zero-order chi connectivity index (χ0) is 12.3. The van der Waals surface area contributed by atoms with E-state index in [9.17, 15) is 0 Å². The molecule has 4 atom stereocenters. The highest BCUT2D eigenvalue weighted by atomic mass is 16.5. The van der Waals surface area contributed by atoms with Gasteiger partial charge in [0.1, 0.15) is 0 Å². The number of nitrogens with zero attached hydrogens (tertiary/aromatic N) is 1. The Labute approximate surface area is 105 Å². The summed E-state index contributed by atoms with van der Waals surface area (Å²) in [5.41, 5.74) is 0. The maximum atomic E-state index is 5.64. The first-order valence-electron chi connectivity index (χ1n) is 6.79. The number of nitrogens with one attached hydrogen (secondary N) is 1. The third-order valence-corrected chi connectivity index (χ3v) is 4.27. The fourth-order valence-electron chi connectivity index (χ4n) is 3.16. The second-order valence-corrected chi connectivity index (χ2v) is 5.39. The molecule has 2 aliphatic rings. The summed E-state index contributed by atoms with van der Waals surface area (Å²) < 4.78 is 11.2. The lowest BCUT2D eigenvalue weighted by Crippen LogP contribution is -2.48. The van der Waals surface area contributed by atoms with Gasteiger partial charge < -0.3 is 19.7 Å². The van der Waals surface area contributed by atoms with Crippen molar-refractivity contribution < 1.29 is 9.47 Å². The molecule has 2 saturated heterocycles. The molecule has 4 heteroatoms. The summed E-state index contributed by atoms with van der Waals surface area (Å²) >= 11 is 0. The van der Waals surface area contributed by atoms with Crippen LogP contribution in [0.5, 0.6) is 0 Å². The van der Waals surface area contributed by atoms with Crippen molar-refractivity contribution in [1.82, 2.24) is 10.2 Å². The maximum absolute atomic E-state index is 5.64. The SMILES string of the molecule is CNC1CCOCC1CN(C)C1CCOC1C. The third kappa shape index (κ3) is 3.19. The molecule has 2 rings (SSSR count). The smallest absolute Gasteiger partial charge is 0.0702 e. The van der Waals surface area contributed by atoms with Gasteiger partial charge in [0.15, 0.2) is 0 Å². The molecular weight excluding hydrogens is 216 g/mol. The van der Waals surface area contributed by atoms with Gasteiger partial charge in [0.05, 0.1) is 12.7 Å². The Hall–Kier alpha value is -0.160. The van der Waals surface area contributed by atoms with Gasteiger partial charge in [-0.05, 0) is 33.9 Å². The summed E-state index contributed by atoms with van der Waals surface area (Å²) in [5.74, 6) is 0.603. The van der Waals surface area contributed by atoms with Crippen molar-refractivity contribution in [2.75, 3.05) is 40.5 Å². The summed E-state index contributed by atoms with van der Waals surface area (Å²) in [7, 11) is 4.28. The molecule has 1 N–H and O–H groups in total. The number of hydrogen-bond acceptors (Lipinski definition) is 4. The average Bonchev–Trinajstić information content (AvgIpc) is 2.76. The lowest BCUT2D eigenvalue weighted by Gasteiger charge is -2.36. The van der Waals surface area contributed by atoms with Crippen LogP contribution in [0.2, 0.25) is 0 Å². The third-order valence-electron chi connectivity index (χ3n) is 4.27. The largest absolute Gasteiger partial charge is 0.381 e. The van der Waals surface area contributed by atoms with E-state index in [0.29, 0.717) is 24.1 Å². The van der Waals surface area contributed by atoms with Crippen molar-refractivity contribution in [3.8, 4) is 0 Å². The molecule has 0 amide bonds. The number of ether oxygens (including phenoxy) is 2. The molecule has 0 aromatic carbocycles. The first-order chi connectivity index (χ1) is 8.22. The van der Waals surface area contributed by atoms with E-state index in [2.05, 4.69) is 31.2 Å². The molecule has 2 fully saturated rings. The molecule has 0 spiro atoms. The predicted octanol–water partition coefficient (Wildman–Crippen LogP) is 0.720. The van der Waals surface area contributed by atoms with Crippen molar-refractivity contribution in [2.24, 2.45) is 5.92 Å². The van der Waals surface area contributed by atoms with Gasteiger partial charge in [0.2, 0.25) is 0 Å². The van der Waals surface area contributed by atoms with Crippen molar-refractivity contribution in [3.63, 3.8) is 0 Å². The van der Waals surface area contributed by atoms with E-state index < -0.39 is 0 Å². The van der Waals surface area contributed by atoms with E-state index in [1.165, 1.54) is 0 Å². The fourth-order valence-corrected chi connectivity index (χ4v) is 3.16. The Bertz CT molecular complexity index is 237. The van der Waals surface area contributed by atoms with Crippen LogP contribution in [0.1, 0.15) is 19.8 Å². The minimum Gasteiger partial charge on any atom is -0.381 e. The molecule has 2 heterocycles. The quantitative estimate of drug-likeness (QED) is 0.787. The molecule has 0 saturated carbocycles. The van der Waals surface area contributed by atoms with Crippen LogP contribution in [0.15, 0.2) is 0 Å². The van der Waals surface area contributed by atoms with Gasteiger partial charge in [-0.1, -0.05) is 0 Å². The standard InChI is InChI=1S/C13H26N2O2/c1-10-13(5-7-17-10)15(3)8-11-9-16-6-4-12(11)14-2/h10-14H,4-9H2,1-3H3. The lowest BCUT2D eigenvalue weighted by atomic mass is 9.94. The minimum atomic E-state index is 0.373. The molecule has 0 aliphatic carbocycles. The van der Waals surface area contributed by atoms with Crippen LogP contribution in [0.4, 0.5) is 0 Å². The van der Waals surface area contributed by atoms with Crippen LogP contribution in [-0.2, 0) is 9.47 Å². The highest BCUT2D eigenvalue weighted by Gasteiger charge is 2.32. The Morgan fingerprint density at radius 1 is 1.29 bits per heavy atom. The molecule has 4 unspecified atom stereocenters. The van der Waals surface area contributed by atoms with Crippen molar-refractivity contribution in [2.45, 2.75) is 38.0 Å². The van der Waals surface area contributed by atoms with E-state index in [1.807, 2.05) is 0 Å². The number of likely N-dealkylation sites (N-methyl/N-ethyl adjacent to an activating group) is 1. The van der Waals surface area contributed by atoms with E-state index in [0.717, 1.165) is 39.2 Å².